The van der Waals surface area contributed by atoms with Gasteiger partial charge in [0, 0.05) is 19.3 Å². The third-order valence-electron chi connectivity index (χ3n) is 2.73. The molecule has 1 rings (SSSR count). The van der Waals surface area contributed by atoms with Crippen molar-refractivity contribution >= 4 is 36.5 Å². The Labute approximate surface area is 131 Å². The number of nitrogens with two attached hydrogens (primary N) is 1. The average Bonchev–Trinajstić information content (AvgIpc) is 2.38. The van der Waals surface area contributed by atoms with E-state index < -0.39 is 12.0 Å². The molecule has 0 aromatic heterocycles. The topological polar surface area (TPSA) is 75.8 Å². The molecule has 0 radical (unpaired) electrons. The lowest BCUT2D eigenvalue weighted by Crippen LogP contribution is -2.34. The monoisotopic (exact) mass is 324 g/mol. The van der Waals surface area contributed by atoms with Crippen LogP contribution in [0.1, 0.15) is 12.5 Å². The number of carbonyl (C=O) groups is 1. The van der Waals surface area contributed by atoms with Crippen LogP contribution in [0.15, 0.2) is 24.3 Å². The van der Waals surface area contributed by atoms with Gasteiger partial charge in [0.2, 0.25) is 0 Å². The zero-order chi connectivity index (χ0) is 13.5. The Balaban J connectivity index is 0. The minimum atomic E-state index is -1.05. The van der Waals surface area contributed by atoms with E-state index in [2.05, 4.69) is 11.8 Å². The van der Waals surface area contributed by atoms with Gasteiger partial charge in [-0.15, -0.1) is 24.8 Å². The molecule has 1 atom stereocenters. The summed E-state index contributed by atoms with van der Waals surface area (Å²) in [6, 6.07) is 7.00. The number of halogens is 2. The van der Waals surface area contributed by atoms with E-state index in [1.54, 1.807) is 0 Å². The van der Waals surface area contributed by atoms with Gasteiger partial charge in [0.05, 0.1) is 13.2 Å². The van der Waals surface area contributed by atoms with Gasteiger partial charge >= 0.3 is 5.97 Å². The molecule has 0 saturated heterocycles. The summed E-state index contributed by atoms with van der Waals surface area (Å²) in [5.41, 5.74) is 7.47. The van der Waals surface area contributed by atoms with E-state index in [-0.39, 0.29) is 31.4 Å². The Morgan fingerprint density at radius 1 is 1.35 bits per heavy atom. The quantitative estimate of drug-likeness (QED) is 0.801. The Bertz CT molecular complexity index is 388. The molecule has 3 N–H and O–H groups in total. The van der Waals surface area contributed by atoms with Crippen molar-refractivity contribution in [3.63, 3.8) is 0 Å². The largest absolute Gasteiger partial charge is 0.480 e. The first-order chi connectivity index (χ1) is 8.54. The maximum Gasteiger partial charge on any atom is 0.322 e. The second-order valence-corrected chi connectivity index (χ2v) is 4.14. The molecule has 5 nitrogen and oxygen atoms in total. The molecule has 0 heterocycles. The van der Waals surface area contributed by atoms with E-state index in [0.717, 1.165) is 17.8 Å². The zero-order valence-corrected chi connectivity index (χ0v) is 13.2. The van der Waals surface area contributed by atoms with Gasteiger partial charge in [0.25, 0.3) is 0 Å². The molecular weight excluding hydrogens is 303 g/mol. The van der Waals surface area contributed by atoms with Crippen LogP contribution in [0.25, 0.3) is 0 Å². The number of rotatable bonds is 7. The summed E-state index contributed by atoms with van der Waals surface area (Å²) in [6.07, 6.45) is 0. The molecule has 0 saturated carbocycles. The molecule has 0 bridgehead atoms. The molecule has 7 heteroatoms. The summed E-state index contributed by atoms with van der Waals surface area (Å²) < 4.78 is 5.25. The standard InChI is InChI=1S/C13H20N2O3.2ClH/c1-3-15(2)11-6-4-10(5-7-11)8-18-9-12(14)13(16)17;;/h4-7,12H,3,8-9,14H2,1-2H3,(H,16,17);2*1H/t12-;;/m0../s1. The van der Waals surface area contributed by atoms with E-state index in [1.165, 1.54) is 0 Å². The molecule has 0 aliphatic rings. The molecule has 116 valence electrons. The number of nitrogens with zero attached hydrogens (tertiary/aromatic N) is 1. The Morgan fingerprint density at radius 2 is 1.90 bits per heavy atom. The highest BCUT2D eigenvalue weighted by atomic mass is 35.5. The lowest BCUT2D eigenvalue weighted by Gasteiger charge is -2.17. The molecule has 0 amide bonds. The summed E-state index contributed by atoms with van der Waals surface area (Å²) in [5.74, 6) is -1.05. The fraction of sp³-hybridized carbons (Fsp3) is 0.462. The number of benzene rings is 1. The molecule has 0 spiro atoms. The van der Waals surface area contributed by atoms with Gasteiger partial charge in [-0.2, -0.15) is 0 Å². The predicted molar refractivity (Wildman–Crippen MR) is 85.1 cm³/mol. The van der Waals surface area contributed by atoms with Crippen molar-refractivity contribution in [2.24, 2.45) is 5.73 Å². The fourth-order valence-electron chi connectivity index (χ4n) is 1.40. The maximum absolute atomic E-state index is 10.5. The number of carboxylic acid groups (broad SMARTS) is 1. The molecule has 1 aromatic carbocycles. The smallest absolute Gasteiger partial charge is 0.322 e. The van der Waals surface area contributed by atoms with E-state index in [0.29, 0.717) is 6.61 Å². The Kier molecular flexibility index (Phi) is 11.4. The van der Waals surface area contributed by atoms with E-state index in [9.17, 15) is 4.79 Å². The van der Waals surface area contributed by atoms with Crippen LogP contribution >= 0.6 is 24.8 Å². The molecule has 0 aliphatic carbocycles. The van der Waals surface area contributed by atoms with Gasteiger partial charge in [0.15, 0.2) is 0 Å². The lowest BCUT2D eigenvalue weighted by atomic mass is 10.2. The highest BCUT2D eigenvalue weighted by Gasteiger charge is 2.10. The molecule has 0 fully saturated rings. The molecule has 0 unspecified atom stereocenters. The second-order valence-electron chi connectivity index (χ2n) is 4.14. The third kappa shape index (κ3) is 6.96. The van der Waals surface area contributed by atoms with Crippen LogP contribution in [0.4, 0.5) is 5.69 Å². The number of hydrogen-bond donors (Lipinski definition) is 2. The second kappa shape index (κ2) is 10.7. The van der Waals surface area contributed by atoms with Crippen LogP contribution in [0.2, 0.25) is 0 Å². The SMILES string of the molecule is CCN(C)c1ccc(COC[C@H](N)C(=O)O)cc1.Cl.Cl. The van der Waals surface area contributed by atoms with Crippen LogP contribution in [0.5, 0.6) is 0 Å². The van der Waals surface area contributed by atoms with Crippen LogP contribution in [-0.2, 0) is 16.1 Å². The lowest BCUT2D eigenvalue weighted by molar-refractivity contribution is -0.140. The molecule has 1 aromatic rings. The summed E-state index contributed by atoms with van der Waals surface area (Å²) in [4.78, 5) is 12.6. The van der Waals surface area contributed by atoms with Gasteiger partial charge in [-0.25, -0.2) is 0 Å². The van der Waals surface area contributed by atoms with E-state index >= 15 is 0 Å². The van der Waals surface area contributed by atoms with Crippen molar-refractivity contribution in [1.29, 1.82) is 0 Å². The van der Waals surface area contributed by atoms with Crippen molar-refractivity contribution in [2.75, 3.05) is 25.1 Å². The first kappa shape index (κ1) is 21.3. The van der Waals surface area contributed by atoms with Gasteiger partial charge in [-0.05, 0) is 24.6 Å². The van der Waals surface area contributed by atoms with Crippen molar-refractivity contribution in [3.05, 3.63) is 29.8 Å². The number of anilines is 1. The average molecular weight is 325 g/mol. The van der Waals surface area contributed by atoms with Crippen molar-refractivity contribution < 1.29 is 14.6 Å². The van der Waals surface area contributed by atoms with Crippen molar-refractivity contribution in [1.82, 2.24) is 0 Å². The van der Waals surface area contributed by atoms with Gasteiger partial charge < -0.3 is 20.5 Å². The maximum atomic E-state index is 10.5. The summed E-state index contributed by atoms with van der Waals surface area (Å²) >= 11 is 0. The number of ether oxygens (including phenoxy) is 1. The van der Waals surface area contributed by atoms with Crippen LogP contribution in [0.3, 0.4) is 0 Å². The number of hydrogen-bond acceptors (Lipinski definition) is 4. The van der Waals surface area contributed by atoms with Crippen LogP contribution in [0, 0.1) is 0 Å². The number of carboxylic acids is 1. The highest BCUT2D eigenvalue weighted by molar-refractivity contribution is 5.85. The highest BCUT2D eigenvalue weighted by Crippen LogP contribution is 2.13. The molecule has 0 aliphatic heterocycles. The Hall–Kier alpha value is -1.01. The van der Waals surface area contributed by atoms with Gasteiger partial charge in [-0.1, -0.05) is 12.1 Å². The van der Waals surface area contributed by atoms with E-state index in [4.69, 9.17) is 15.6 Å². The fourth-order valence-corrected chi connectivity index (χ4v) is 1.40. The first-order valence-electron chi connectivity index (χ1n) is 5.90. The van der Waals surface area contributed by atoms with Crippen LogP contribution in [-0.4, -0.2) is 37.3 Å². The van der Waals surface area contributed by atoms with Crippen molar-refractivity contribution in [2.45, 2.75) is 19.6 Å². The first-order valence-corrected chi connectivity index (χ1v) is 5.90. The predicted octanol–water partition coefficient (Wildman–Crippen LogP) is 1.91. The third-order valence-corrected chi connectivity index (χ3v) is 2.73. The summed E-state index contributed by atoms with van der Waals surface area (Å²) in [5, 5.41) is 8.59. The summed E-state index contributed by atoms with van der Waals surface area (Å²) in [6.45, 7) is 3.43. The summed E-state index contributed by atoms with van der Waals surface area (Å²) in [7, 11) is 2.03. The minimum Gasteiger partial charge on any atom is -0.480 e. The van der Waals surface area contributed by atoms with Crippen molar-refractivity contribution in [3.8, 4) is 0 Å². The molecule has 20 heavy (non-hydrogen) atoms. The minimum absolute atomic E-state index is 0. The van der Waals surface area contributed by atoms with Gasteiger partial charge in [0.1, 0.15) is 6.04 Å². The molecular formula is C13H22Cl2N2O3. The zero-order valence-electron chi connectivity index (χ0n) is 11.6. The van der Waals surface area contributed by atoms with Gasteiger partial charge in [-0.3, -0.25) is 4.79 Å². The Morgan fingerprint density at radius 3 is 2.35 bits per heavy atom. The normalized spacial score (nSPS) is 10.9. The number of aliphatic carboxylic acids is 1. The van der Waals surface area contributed by atoms with E-state index in [1.807, 2.05) is 31.3 Å². The van der Waals surface area contributed by atoms with Crippen LogP contribution < -0.4 is 10.6 Å².